The average Bonchev–Trinajstić information content (AvgIpc) is 2.69. The number of benzene rings is 2. The van der Waals surface area contributed by atoms with Crippen LogP contribution in [0.2, 0.25) is 0 Å². The first kappa shape index (κ1) is 23.3. The van der Waals surface area contributed by atoms with Crippen molar-refractivity contribution < 1.29 is 28.6 Å². The topological polar surface area (TPSA) is 84.9 Å². The van der Waals surface area contributed by atoms with Gasteiger partial charge in [0.2, 0.25) is 5.91 Å². The zero-order valence-electron chi connectivity index (χ0n) is 17.5. The van der Waals surface area contributed by atoms with Crippen LogP contribution in [-0.4, -0.2) is 29.2 Å². The van der Waals surface area contributed by atoms with E-state index in [-0.39, 0.29) is 25.4 Å². The van der Waals surface area contributed by atoms with Gasteiger partial charge >= 0.3 is 5.97 Å². The number of carbonyl (C=O) groups excluding carboxylic acids is 2. The zero-order chi connectivity index (χ0) is 22.1. The number of amides is 1. The molecule has 0 fully saturated rings. The van der Waals surface area contributed by atoms with E-state index in [0.29, 0.717) is 11.3 Å². The summed E-state index contributed by atoms with van der Waals surface area (Å²) in [6.07, 6.45) is -0.192. The molecule has 162 valence electrons. The van der Waals surface area contributed by atoms with Gasteiger partial charge in [0, 0.05) is 12.1 Å². The van der Waals surface area contributed by atoms with Crippen LogP contribution in [-0.2, 0) is 27.5 Å². The first-order valence-corrected chi connectivity index (χ1v) is 9.73. The minimum Gasteiger partial charge on any atom is -0.489 e. The van der Waals surface area contributed by atoms with Gasteiger partial charge in [-0.3, -0.25) is 9.59 Å². The SMILES string of the molecule is CC(C)(C)OC(=O)C[C@H](CO)C(=O)NCc1ccc(OCc2ccccc2F)cc1. The molecule has 2 aromatic carbocycles. The lowest BCUT2D eigenvalue weighted by atomic mass is 10.1. The summed E-state index contributed by atoms with van der Waals surface area (Å²) in [7, 11) is 0. The fourth-order valence-corrected chi connectivity index (χ4v) is 2.64. The van der Waals surface area contributed by atoms with Gasteiger partial charge in [-0.2, -0.15) is 0 Å². The zero-order valence-corrected chi connectivity index (χ0v) is 17.5. The Morgan fingerprint density at radius 3 is 2.37 bits per heavy atom. The maximum Gasteiger partial charge on any atom is 0.307 e. The van der Waals surface area contributed by atoms with E-state index in [4.69, 9.17) is 9.47 Å². The summed E-state index contributed by atoms with van der Waals surface area (Å²) in [5.74, 6) is -1.58. The molecule has 0 aliphatic heterocycles. The molecule has 0 saturated heterocycles. The summed E-state index contributed by atoms with van der Waals surface area (Å²) in [5.41, 5.74) is 0.633. The summed E-state index contributed by atoms with van der Waals surface area (Å²) in [4.78, 5) is 24.1. The fraction of sp³-hybridized carbons (Fsp3) is 0.391. The minimum absolute atomic E-state index is 0.117. The molecule has 1 atom stereocenters. The van der Waals surface area contributed by atoms with E-state index in [1.54, 1.807) is 63.2 Å². The van der Waals surface area contributed by atoms with Crippen molar-refractivity contribution in [1.29, 1.82) is 0 Å². The first-order valence-electron chi connectivity index (χ1n) is 9.73. The van der Waals surface area contributed by atoms with Gasteiger partial charge < -0.3 is 19.9 Å². The molecule has 0 spiro atoms. The van der Waals surface area contributed by atoms with Crippen LogP contribution in [0.15, 0.2) is 48.5 Å². The Morgan fingerprint density at radius 2 is 1.77 bits per heavy atom. The van der Waals surface area contributed by atoms with E-state index in [2.05, 4.69) is 5.32 Å². The van der Waals surface area contributed by atoms with Gasteiger partial charge in [-0.25, -0.2) is 4.39 Å². The van der Waals surface area contributed by atoms with E-state index in [1.807, 2.05) is 0 Å². The van der Waals surface area contributed by atoms with Crippen LogP contribution in [0.4, 0.5) is 4.39 Å². The van der Waals surface area contributed by atoms with Gasteiger partial charge in [0.05, 0.1) is 18.9 Å². The smallest absolute Gasteiger partial charge is 0.307 e. The molecule has 0 saturated carbocycles. The maximum absolute atomic E-state index is 13.6. The third kappa shape index (κ3) is 7.83. The predicted molar refractivity (Wildman–Crippen MR) is 110 cm³/mol. The second-order valence-corrected chi connectivity index (χ2v) is 7.91. The predicted octanol–water partition coefficient (Wildman–Crippen LogP) is 3.36. The fourth-order valence-electron chi connectivity index (χ4n) is 2.64. The lowest BCUT2D eigenvalue weighted by Gasteiger charge is -2.21. The Labute approximate surface area is 176 Å². The molecule has 0 aliphatic rings. The van der Waals surface area contributed by atoms with Gasteiger partial charge in [0.1, 0.15) is 23.8 Å². The van der Waals surface area contributed by atoms with Gasteiger partial charge in [0.25, 0.3) is 0 Å². The number of aliphatic hydroxyl groups excluding tert-OH is 1. The number of nitrogens with one attached hydrogen (secondary N) is 1. The maximum atomic E-state index is 13.6. The van der Waals surface area contributed by atoms with Crippen LogP contribution < -0.4 is 10.1 Å². The van der Waals surface area contributed by atoms with Gasteiger partial charge in [-0.1, -0.05) is 30.3 Å². The summed E-state index contributed by atoms with van der Waals surface area (Å²) < 4.78 is 24.4. The number of carbonyl (C=O) groups is 2. The molecule has 0 bridgehead atoms. The monoisotopic (exact) mass is 417 g/mol. The Balaban J connectivity index is 1.82. The lowest BCUT2D eigenvalue weighted by Crippen LogP contribution is -2.35. The van der Waals surface area contributed by atoms with Crippen LogP contribution in [0, 0.1) is 11.7 Å². The van der Waals surface area contributed by atoms with Crippen LogP contribution in [0.3, 0.4) is 0 Å². The quantitative estimate of drug-likeness (QED) is 0.611. The number of halogens is 1. The van der Waals surface area contributed by atoms with E-state index in [1.165, 1.54) is 6.07 Å². The van der Waals surface area contributed by atoms with Crippen molar-refractivity contribution in [2.24, 2.45) is 5.92 Å². The van der Waals surface area contributed by atoms with Gasteiger partial charge in [0.15, 0.2) is 0 Å². The first-order chi connectivity index (χ1) is 14.2. The Morgan fingerprint density at radius 1 is 1.10 bits per heavy atom. The number of hydrogen-bond acceptors (Lipinski definition) is 5. The standard InChI is InChI=1S/C23H28FNO5/c1-23(2,3)30-21(27)12-18(14-26)22(28)25-13-16-8-10-19(11-9-16)29-15-17-6-4-5-7-20(17)24/h4-11,18,26H,12-15H2,1-3H3,(H,25,28)/t18-/m1/s1. The highest BCUT2D eigenvalue weighted by Gasteiger charge is 2.24. The second-order valence-electron chi connectivity index (χ2n) is 7.91. The molecule has 0 aromatic heterocycles. The highest BCUT2D eigenvalue weighted by Crippen LogP contribution is 2.16. The summed E-state index contributed by atoms with van der Waals surface area (Å²) >= 11 is 0. The molecule has 6 nitrogen and oxygen atoms in total. The molecule has 2 aromatic rings. The average molecular weight is 417 g/mol. The Hall–Kier alpha value is -2.93. The van der Waals surface area contributed by atoms with E-state index in [9.17, 15) is 19.1 Å². The second kappa shape index (κ2) is 10.7. The number of esters is 1. The molecule has 0 heterocycles. The lowest BCUT2D eigenvalue weighted by molar-refractivity contribution is -0.157. The Kier molecular flexibility index (Phi) is 8.35. The van der Waals surface area contributed by atoms with E-state index in [0.717, 1.165) is 5.56 Å². The molecule has 30 heavy (non-hydrogen) atoms. The van der Waals surface area contributed by atoms with E-state index >= 15 is 0 Å². The molecule has 2 rings (SSSR count). The van der Waals surface area contributed by atoms with Gasteiger partial charge in [-0.15, -0.1) is 0 Å². The summed E-state index contributed by atoms with van der Waals surface area (Å²) in [6, 6.07) is 13.4. The third-order valence-corrected chi connectivity index (χ3v) is 4.17. The van der Waals surface area contributed by atoms with Crippen LogP contribution in [0.1, 0.15) is 38.3 Å². The molecule has 2 N–H and O–H groups in total. The number of aliphatic hydroxyl groups is 1. The highest BCUT2D eigenvalue weighted by molar-refractivity contribution is 5.83. The van der Waals surface area contributed by atoms with Gasteiger partial charge in [-0.05, 0) is 44.5 Å². The molecule has 1 amide bonds. The third-order valence-electron chi connectivity index (χ3n) is 4.17. The molecule has 0 aliphatic carbocycles. The summed E-state index contributed by atoms with van der Waals surface area (Å²) in [6.45, 7) is 5.12. The van der Waals surface area contributed by atoms with Crippen molar-refractivity contribution in [3.63, 3.8) is 0 Å². The summed E-state index contributed by atoms with van der Waals surface area (Å²) in [5, 5.41) is 12.1. The molecule has 0 radical (unpaired) electrons. The van der Waals surface area contributed by atoms with Crippen LogP contribution >= 0.6 is 0 Å². The van der Waals surface area contributed by atoms with Crippen molar-refractivity contribution in [3.05, 3.63) is 65.5 Å². The number of rotatable bonds is 9. The molecule has 7 heteroatoms. The van der Waals surface area contributed by atoms with E-state index < -0.39 is 30.0 Å². The number of ether oxygens (including phenoxy) is 2. The van der Waals surface area contributed by atoms with Crippen molar-refractivity contribution >= 4 is 11.9 Å². The van der Waals surface area contributed by atoms with Crippen molar-refractivity contribution in [3.8, 4) is 5.75 Å². The van der Waals surface area contributed by atoms with Crippen LogP contribution in [0.5, 0.6) is 5.75 Å². The molecular formula is C23H28FNO5. The largest absolute Gasteiger partial charge is 0.489 e. The van der Waals surface area contributed by atoms with Crippen molar-refractivity contribution in [1.82, 2.24) is 5.32 Å². The number of hydrogen-bond donors (Lipinski definition) is 2. The minimum atomic E-state index is -0.872. The van der Waals surface area contributed by atoms with Crippen LogP contribution in [0.25, 0.3) is 0 Å². The molecular weight excluding hydrogens is 389 g/mol. The van der Waals surface area contributed by atoms with Crippen molar-refractivity contribution in [2.75, 3.05) is 6.61 Å². The molecule has 0 unspecified atom stereocenters. The highest BCUT2D eigenvalue weighted by atomic mass is 19.1. The normalized spacial score (nSPS) is 12.2. The Bertz CT molecular complexity index is 845. The van der Waals surface area contributed by atoms with Crippen molar-refractivity contribution in [2.45, 2.75) is 45.9 Å².